The number of likely N-dealkylation sites (N-methyl/N-ethyl adjacent to an activating group) is 1. The Kier molecular flexibility index (Phi) is 5.57. The molecule has 0 spiro atoms. The van der Waals surface area contributed by atoms with E-state index in [1.807, 2.05) is 68.4 Å². The van der Waals surface area contributed by atoms with Crippen molar-refractivity contribution in [3.05, 3.63) is 65.7 Å². The lowest BCUT2D eigenvalue weighted by Gasteiger charge is -2.29. The average molecular weight is 380 g/mol. The van der Waals surface area contributed by atoms with Gasteiger partial charge in [-0.2, -0.15) is 0 Å². The minimum absolute atomic E-state index is 0.0209. The zero-order valence-electron chi connectivity index (χ0n) is 16.7. The van der Waals surface area contributed by atoms with E-state index in [0.29, 0.717) is 13.0 Å². The molecule has 3 rings (SSSR count). The molecule has 1 heterocycles. The van der Waals surface area contributed by atoms with Crippen molar-refractivity contribution in [1.82, 2.24) is 5.32 Å². The number of hydrogen-bond acceptors (Lipinski definition) is 3. The molecule has 0 saturated carbocycles. The van der Waals surface area contributed by atoms with Crippen molar-refractivity contribution in [3.8, 4) is 0 Å². The molecule has 1 aliphatic heterocycles. The summed E-state index contributed by atoms with van der Waals surface area (Å²) >= 11 is 0. The van der Waals surface area contributed by atoms with E-state index in [-0.39, 0.29) is 24.8 Å². The molecule has 5 heteroatoms. The number of carbonyl (C=O) groups excluding carboxylic acids is 2. The van der Waals surface area contributed by atoms with E-state index < -0.39 is 10.8 Å². The fourth-order valence-electron chi connectivity index (χ4n) is 3.80. The van der Waals surface area contributed by atoms with Crippen LogP contribution in [0.15, 0.2) is 54.6 Å². The summed E-state index contributed by atoms with van der Waals surface area (Å²) in [6.07, 6.45) is 0.536. The van der Waals surface area contributed by atoms with Crippen molar-refractivity contribution < 1.29 is 14.7 Å². The molecular formula is C23H28N2O3. The van der Waals surface area contributed by atoms with Crippen LogP contribution in [-0.4, -0.2) is 37.1 Å². The third-order valence-electron chi connectivity index (χ3n) is 5.50. The summed E-state index contributed by atoms with van der Waals surface area (Å²) in [5.41, 5.74) is 1.43. The van der Waals surface area contributed by atoms with Crippen LogP contribution in [0.3, 0.4) is 0 Å². The minimum Gasteiger partial charge on any atom is -0.396 e. The van der Waals surface area contributed by atoms with Gasteiger partial charge in [0.05, 0.1) is 5.41 Å². The zero-order valence-corrected chi connectivity index (χ0v) is 16.7. The minimum atomic E-state index is -0.930. The van der Waals surface area contributed by atoms with Crippen LogP contribution < -0.4 is 10.2 Å². The molecule has 2 aromatic rings. The number of fused-ring (bicyclic) bond motifs is 1. The Hall–Kier alpha value is -2.66. The van der Waals surface area contributed by atoms with Crippen LogP contribution in [0.4, 0.5) is 5.69 Å². The lowest BCUT2D eigenvalue weighted by molar-refractivity contribution is -0.129. The van der Waals surface area contributed by atoms with E-state index in [9.17, 15) is 14.7 Å². The number of nitrogens with one attached hydrogen (secondary N) is 1. The summed E-state index contributed by atoms with van der Waals surface area (Å²) in [6, 6.07) is 17.5. The van der Waals surface area contributed by atoms with Crippen molar-refractivity contribution in [2.45, 2.75) is 32.1 Å². The molecular weight excluding hydrogens is 352 g/mol. The maximum absolute atomic E-state index is 13.4. The Morgan fingerprint density at radius 1 is 1.11 bits per heavy atom. The van der Waals surface area contributed by atoms with E-state index in [4.69, 9.17) is 0 Å². The fraction of sp³-hybridized carbons (Fsp3) is 0.391. The molecule has 0 aliphatic carbocycles. The molecule has 2 aromatic carbocycles. The standard InChI is InChI=1S/C23H28N2O3/c1-22(2,16-26)15-24-20(27)14-23(13-17-9-5-4-6-10-17)18-11-7-8-12-19(18)25(3)21(23)28/h4-12,26H,13-16H2,1-3H3,(H,24,27). The van der Waals surface area contributed by atoms with Crippen LogP contribution in [0.5, 0.6) is 0 Å². The van der Waals surface area contributed by atoms with Gasteiger partial charge in [-0.15, -0.1) is 0 Å². The Bertz CT molecular complexity index is 863. The third kappa shape index (κ3) is 3.80. The van der Waals surface area contributed by atoms with Crippen molar-refractivity contribution >= 4 is 17.5 Å². The van der Waals surface area contributed by atoms with Gasteiger partial charge in [0.1, 0.15) is 0 Å². The molecule has 5 nitrogen and oxygen atoms in total. The predicted octanol–water partition coefficient (Wildman–Crippen LogP) is 2.67. The molecule has 1 atom stereocenters. The largest absolute Gasteiger partial charge is 0.396 e. The van der Waals surface area contributed by atoms with Gasteiger partial charge < -0.3 is 15.3 Å². The van der Waals surface area contributed by atoms with Crippen molar-refractivity contribution in [1.29, 1.82) is 0 Å². The quantitative estimate of drug-likeness (QED) is 0.776. The van der Waals surface area contributed by atoms with Crippen molar-refractivity contribution in [2.75, 3.05) is 25.1 Å². The SMILES string of the molecule is CN1C(=O)C(CC(=O)NCC(C)(C)CO)(Cc2ccccc2)c2ccccc21. The van der Waals surface area contributed by atoms with Gasteiger partial charge in [0.15, 0.2) is 0 Å². The van der Waals surface area contributed by atoms with Crippen LogP contribution >= 0.6 is 0 Å². The Balaban J connectivity index is 1.95. The summed E-state index contributed by atoms with van der Waals surface area (Å²) in [4.78, 5) is 27.9. The summed E-state index contributed by atoms with van der Waals surface area (Å²) in [7, 11) is 1.76. The number of para-hydroxylation sites is 1. The average Bonchev–Trinajstić information content (AvgIpc) is 2.90. The predicted molar refractivity (Wildman–Crippen MR) is 110 cm³/mol. The number of hydrogen-bond donors (Lipinski definition) is 2. The number of aliphatic hydroxyl groups excluding tert-OH is 1. The van der Waals surface area contributed by atoms with Crippen LogP contribution in [-0.2, 0) is 21.4 Å². The topological polar surface area (TPSA) is 69.6 Å². The summed E-state index contributed by atoms with van der Waals surface area (Å²) in [6.45, 7) is 4.11. The second-order valence-corrected chi connectivity index (χ2v) is 8.40. The highest BCUT2D eigenvalue weighted by Crippen LogP contribution is 2.45. The van der Waals surface area contributed by atoms with Crippen LogP contribution in [0.25, 0.3) is 0 Å². The summed E-state index contributed by atoms with van der Waals surface area (Å²) in [5, 5.41) is 12.3. The Morgan fingerprint density at radius 3 is 2.43 bits per heavy atom. The van der Waals surface area contributed by atoms with E-state index in [0.717, 1.165) is 16.8 Å². The first-order chi connectivity index (χ1) is 13.3. The van der Waals surface area contributed by atoms with Gasteiger partial charge in [-0.1, -0.05) is 62.4 Å². The number of aliphatic hydroxyl groups is 1. The molecule has 2 amide bonds. The van der Waals surface area contributed by atoms with Crippen molar-refractivity contribution in [2.24, 2.45) is 5.41 Å². The van der Waals surface area contributed by atoms with Crippen LogP contribution in [0.2, 0.25) is 0 Å². The number of anilines is 1. The van der Waals surface area contributed by atoms with E-state index in [1.165, 1.54) is 0 Å². The normalized spacial score (nSPS) is 18.9. The first kappa shape index (κ1) is 20.1. The highest BCUT2D eigenvalue weighted by Gasteiger charge is 2.50. The molecule has 0 radical (unpaired) electrons. The first-order valence-corrected chi connectivity index (χ1v) is 9.58. The van der Waals surface area contributed by atoms with E-state index in [1.54, 1.807) is 11.9 Å². The highest BCUT2D eigenvalue weighted by atomic mass is 16.3. The highest BCUT2D eigenvalue weighted by molar-refractivity contribution is 6.09. The molecule has 0 saturated heterocycles. The summed E-state index contributed by atoms with van der Waals surface area (Å²) < 4.78 is 0. The van der Waals surface area contributed by atoms with Gasteiger partial charge in [-0.25, -0.2) is 0 Å². The molecule has 1 unspecified atom stereocenters. The second kappa shape index (κ2) is 7.76. The van der Waals surface area contributed by atoms with E-state index in [2.05, 4.69) is 5.32 Å². The fourth-order valence-corrected chi connectivity index (χ4v) is 3.80. The van der Waals surface area contributed by atoms with Crippen LogP contribution in [0.1, 0.15) is 31.4 Å². The summed E-state index contributed by atoms with van der Waals surface area (Å²) in [5.74, 6) is -0.245. The molecule has 0 aromatic heterocycles. The first-order valence-electron chi connectivity index (χ1n) is 9.58. The maximum atomic E-state index is 13.4. The Morgan fingerprint density at radius 2 is 1.75 bits per heavy atom. The molecule has 0 bridgehead atoms. The smallest absolute Gasteiger partial charge is 0.238 e. The van der Waals surface area contributed by atoms with Gasteiger partial charge in [0.25, 0.3) is 0 Å². The van der Waals surface area contributed by atoms with Gasteiger partial charge in [0.2, 0.25) is 11.8 Å². The third-order valence-corrected chi connectivity index (χ3v) is 5.50. The number of amides is 2. The van der Waals surface area contributed by atoms with Gasteiger partial charge >= 0.3 is 0 Å². The molecule has 0 fully saturated rings. The zero-order chi connectivity index (χ0) is 20.4. The van der Waals surface area contributed by atoms with Gasteiger partial charge in [-0.05, 0) is 23.6 Å². The van der Waals surface area contributed by atoms with Crippen LogP contribution in [0, 0.1) is 5.41 Å². The lowest BCUT2D eigenvalue weighted by atomic mass is 9.73. The van der Waals surface area contributed by atoms with Gasteiger partial charge in [-0.3, -0.25) is 9.59 Å². The second-order valence-electron chi connectivity index (χ2n) is 8.40. The molecule has 148 valence electrons. The molecule has 28 heavy (non-hydrogen) atoms. The lowest BCUT2D eigenvalue weighted by Crippen LogP contribution is -2.45. The molecule has 1 aliphatic rings. The van der Waals surface area contributed by atoms with Crippen molar-refractivity contribution in [3.63, 3.8) is 0 Å². The number of nitrogens with zero attached hydrogens (tertiary/aromatic N) is 1. The Labute approximate surface area is 166 Å². The molecule has 2 N–H and O–H groups in total. The number of benzene rings is 2. The number of rotatable bonds is 7. The maximum Gasteiger partial charge on any atom is 0.238 e. The number of carbonyl (C=O) groups is 2. The van der Waals surface area contributed by atoms with E-state index >= 15 is 0 Å². The van der Waals surface area contributed by atoms with Gasteiger partial charge in [0, 0.05) is 37.7 Å². The monoisotopic (exact) mass is 380 g/mol.